The maximum atomic E-state index is 5.51. The van der Waals surface area contributed by atoms with Gasteiger partial charge in [-0.05, 0) is 12.1 Å². The third-order valence-electron chi connectivity index (χ3n) is 5.73. The van der Waals surface area contributed by atoms with Crippen molar-refractivity contribution in [3.8, 4) is 22.8 Å². The first-order valence-corrected chi connectivity index (χ1v) is 11.6. The standard InChI is InChI=1S/C25H27N9O3/c1-32-14-17(12-28-32)22-13-26-21-5-6-24(30-25(21)29-22)34(15-23-27-16-33(31-23)7-8-35-2)18-9-19(36-3)11-20(10-18)37-4/h5-6,9-14,16H,7-8,15H2,1-4H3. The van der Waals surface area contributed by atoms with Crippen molar-refractivity contribution in [2.24, 2.45) is 7.05 Å². The Labute approximate surface area is 213 Å². The number of aryl methyl sites for hydroxylation is 1. The van der Waals surface area contributed by atoms with E-state index >= 15 is 0 Å². The van der Waals surface area contributed by atoms with Crippen LogP contribution in [0.15, 0.2) is 55.2 Å². The number of nitrogens with zero attached hydrogens (tertiary/aromatic N) is 9. The van der Waals surface area contributed by atoms with E-state index in [9.17, 15) is 0 Å². The zero-order chi connectivity index (χ0) is 25.8. The van der Waals surface area contributed by atoms with Crippen molar-refractivity contribution in [1.29, 1.82) is 0 Å². The van der Waals surface area contributed by atoms with Crippen LogP contribution in [0.2, 0.25) is 0 Å². The molecule has 5 rings (SSSR count). The number of aromatic nitrogens is 8. The highest BCUT2D eigenvalue weighted by molar-refractivity contribution is 5.77. The summed E-state index contributed by atoms with van der Waals surface area (Å²) in [5.41, 5.74) is 3.55. The van der Waals surface area contributed by atoms with E-state index < -0.39 is 0 Å². The van der Waals surface area contributed by atoms with Crippen molar-refractivity contribution >= 4 is 22.7 Å². The molecule has 0 N–H and O–H groups in total. The number of fused-ring (bicyclic) bond motifs is 1. The predicted octanol–water partition coefficient (Wildman–Crippen LogP) is 3.02. The molecule has 4 aromatic heterocycles. The number of pyridine rings is 1. The molecule has 12 nitrogen and oxygen atoms in total. The van der Waals surface area contributed by atoms with Gasteiger partial charge in [-0.1, -0.05) is 0 Å². The quantitative estimate of drug-likeness (QED) is 0.282. The second-order valence-electron chi connectivity index (χ2n) is 8.24. The molecule has 0 aliphatic rings. The number of hydrogen-bond acceptors (Lipinski definition) is 10. The third-order valence-corrected chi connectivity index (χ3v) is 5.73. The molecule has 0 unspecified atom stereocenters. The number of methoxy groups -OCH3 is 3. The number of rotatable bonds is 10. The number of ether oxygens (including phenoxy) is 3. The molecule has 0 atom stereocenters. The fourth-order valence-corrected chi connectivity index (χ4v) is 3.82. The Balaban J connectivity index is 1.57. The Bertz CT molecular complexity index is 1490. The second-order valence-corrected chi connectivity index (χ2v) is 8.24. The minimum atomic E-state index is 0.352. The van der Waals surface area contributed by atoms with Crippen molar-refractivity contribution in [3.05, 3.63) is 61.1 Å². The summed E-state index contributed by atoms with van der Waals surface area (Å²) in [6.45, 7) is 1.51. The van der Waals surface area contributed by atoms with Crippen molar-refractivity contribution in [2.45, 2.75) is 13.1 Å². The maximum Gasteiger partial charge on any atom is 0.180 e. The highest BCUT2D eigenvalue weighted by Gasteiger charge is 2.18. The van der Waals surface area contributed by atoms with Crippen LogP contribution in [0, 0.1) is 0 Å². The third kappa shape index (κ3) is 5.33. The highest BCUT2D eigenvalue weighted by Crippen LogP contribution is 2.33. The van der Waals surface area contributed by atoms with Crippen LogP contribution in [0.5, 0.6) is 11.5 Å². The van der Waals surface area contributed by atoms with Crippen LogP contribution >= 0.6 is 0 Å². The van der Waals surface area contributed by atoms with Crippen molar-refractivity contribution < 1.29 is 14.2 Å². The summed E-state index contributed by atoms with van der Waals surface area (Å²) in [5.74, 6) is 2.57. The van der Waals surface area contributed by atoms with E-state index in [2.05, 4.69) is 20.2 Å². The van der Waals surface area contributed by atoms with Gasteiger partial charge in [-0.15, -0.1) is 0 Å². The first kappa shape index (κ1) is 24.1. The fourth-order valence-electron chi connectivity index (χ4n) is 3.82. The van der Waals surface area contributed by atoms with Crippen LogP contribution in [0.1, 0.15) is 5.82 Å². The average molecular weight is 502 g/mol. The zero-order valence-electron chi connectivity index (χ0n) is 21.1. The van der Waals surface area contributed by atoms with Gasteiger partial charge in [0.25, 0.3) is 0 Å². The van der Waals surface area contributed by atoms with Crippen LogP contribution in [0.4, 0.5) is 11.5 Å². The van der Waals surface area contributed by atoms with Crippen LogP contribution in [-0.2, 0) is 24.9 Å². The van der Waals surface area contributed by atoms with E-state index in [1.54, 1.807) is 49.4 Å². The lowest BCUT2D eigenvalue weighted by atomic mass is 10.2. The lowest BCUT2D eigenvalue weighted by Gasteiger charge is -2.24. The first-order chi connectivity index (χ1) is 18.1. The van der Waals surface area contributed by atoms with Gasteiger partial charge >= 0.3 is 0 Å². The van der Waals surface area contributed by atoms with Crippen LogP contribution in [-0.4, -0.2) is 67.4 Å². The summed E-state index contributed by atoms with van der Waals surface area (Å²) in [7, 11) is 6.75. The largest absolute Gasteiger partial charge is 0.497 e. The average Bonchev–Trinajstić information content (AvgIpc) is 3.58. The van der Waals surface area contributed by atoms with Crippen LogP contribution in [0.25, 0.3) is 22.4 Å². The molecule has 0 aliphatic heterocycles. The lowest BCUT2D eigenvalue weighted by Crippen LogP contribution is -2.19. The molecule has 12 heteroatoms. The van der Waals surface area contributed by atoms with Gasteiger partial charge in [0.15, 0.2) is 11.5 Å². The Morgan fingerprint density at radius 2 is 1.76 bits per heavy atom. The molecule has 5 aromatic rings. The molecular formula is C25H27N9O3. The molecule has 190 valence electrons. The summed E-state index contributed by atoms with van der Waals surface area (Å²) in [6, 6.07) is 9.43. The molecule has 0 fully saturated rings. The van der Waals surface area contributed by atoms with E-state index in [1.165, 1.54) is 0 Å². The fraction of sp³-hybridized carbons (Fsp3) is 0.280. The van der Waals surface area contributed by atoms with Gasteiger partial charge < -0.3 is 19.1 Å². The Morgan fingerprint density at radius 1 is 0.946 bits per heavy atom. The van der Waals surface area contributed by atoms with E-state index in [1.807, 2.05) is 48.5 Å². The smallest absolute Gasteiger partial charge is 0.180 e. The zero-order valence-corrected chi connectivity index (χ0v) is 21.1. The molecule has 1 aromatic carbocycles. The Hall–Kier alpha value is -4.58. The number of anilines is 2. The van der Waals surface area contributed by atoms with Gasteiger partial charge in [-0.3, -0.25) is 14.3 Å². The topological polar surface area (TPSA) is 118 Å². The number of benzene rings is 1. The van der Waals surface area contributed by atoms with Gasteiger partial charge in [0.1, 0.15) is 29.2 Å². The van der Waals surface area contributed by atoms with Crippen molar-refractivity contribution in [3.63, 3.8) is 0 Å². The molecular weight excluding hydrogens is 474 g/mol. The molecule has 0 spiro atoms. The van der Waals surface area contributed by atoms with Gasteiger partial charge in [0.2, 0.25) is 0 Å². The SMILES string of the molecule is COCCn1cnc(CN(c2cc(OC)cc(OC)c2)c2ccc3ncc(-c4cnn(C)c4)nc3n2)n1. The predicted molar refractivity (Wildman–Crippen MR) is 137 cm³/mol. The second kappa shape index (κ2) is 10.6. The van der Waals surface area contributed by atoms with Gasteiger partial charge in [-0.2, -0.15) is 10.2 Å². The summed E-state index contributed by atoms with van der Waals surface area (Å²) < 4.78 is 19.7. The molecule has 0 amide bonds. The van der Waals surface area contributed by atoms with E-state index in [-0.39, 0.29) is 0 Å². The van der Waals surface area contributed by atoms with Gasteiger partial charge in [0.05, 0.1) is 57.7 Å². The Morgan fingerprint density at radius 3 is 2.46 bits per heavy atom. The molecule has 37 heavy (non-hydrogen) atoms. The molecule has 0 saturated heterocycles. The molecule has 0 aliphatic carbocycles. The molecule has 0 radical (unpaired) electrons. The van der Waals surface area contributed by atoms with Crippen LogP contribution in [0.3, 0.4) is 0 Å². The maximum absolute atomic E-state index is 5.51. The Kier molecular flexibility index (Phi) is 6.90. The van der Waals surface area contributed by atoms with Crippen LogP contribution < -0.4 is 14.4 Å². The number of hydrogen-bond donors (Lipinski definition) is 0. The summed E-state index contributed by atoms with van der Waals surface area (Å²) in [6.07, 6.45) is 7.06. The minimum absolute atomic E-state index is 0.352. The molecule has 4 heterocycles. The molecule has 0 saturated carbocycles. The van der Waals surface area contributed by atoms with E-state index in [0.717, 1.165) is 11.3 Å². The highest BCUT2D eigenvalue weighted by atomic mass is 16.5. The monoisotopic (exact) mass is 501 g/mol. The lowest BCUT2D eigenvalue weighted by molar-refractivity contribution is 0.183. The first-order valence-electron chi connectivity index (χ1n) is 11.6. The van der Waals surface area contributed by atoms with Gasteiger partial charge in [0, 0.05) is 44.1 Å². The normalized spacial score (nSPS) is 11.1. The minimum Gasteiger partial charge on any atom is -0.497 e. The summed E-state index contributed by atoms with van der Waals surface area (Å²) in [4.78, 5) is 20.7. The van der Waals surface area contributed by atoms with Crippen molar-refractivity contribution in [2.75, 3.05) is 32.8 Å². The van der Waals surface area contributed by atoms with E-state index in [0.29, 0.717) is 59.7 Å². The summed E-state index contributed by atoms with van der Waals surface area (Å²) >= 11 is 0. The molecule has 0 bridgehead atoms. The summed E-state index contributed by atoms with van der Waals surface area (Å²) in [5, 5.41) is 8.83. The van der Waals surface area contributed by atoms with Gasteiger partial charge in [-0.25, -0.2) is 15.0 Å². The van der Waals surface area contributed by atoms with E-state index in [4.69, 9.17) is 24.2 Å². The van der Waals surface area contributed by atoms with Crippen molar-refractivity contribution in [1.82, 2.24) is 39.5 Å².